The second-order valence-corrected chi connectivity index (χ2v) is 8.41. The number of halogens is 1. The Kier molecular flexibility index (Phi) is 5.05. The predicted molar refractivity (Wildman–Crippen MR) is 134 cm³/mol. The van der Waals surface area contributed by atoms with Crippen molar-refractivity contribution in [2.24, 2.45) is 4.99 Å². The zero-order chi connectivity index (χ0) is 21.4. The fourth-order valence-electron chi connectivity index (χ4n) is 3.92. The van der Waals surface area contributed by atoms with Crippen LogP contribution in [0, 0.1) is 0 Å². The molecule has 5 aromatic rings. The highest BCUT2D eigenvalue weighted by Gasteiger charge is 2.15. The second-order valence-electron chi connectivity index (χ2n) is 7.49. The summed E-state index contributed by atoms with van der Waals surface area (Å²) in [5, 5.41) is 4.07. The van der Waals surface area contributed by atoms with Gasteiger partial charge < -0.3 is 4.42 Å². The molecule has 0 aliphatic carbocycles. The minimum atomic E-state index is 0.845. The zero-order valence-corrected chi connectivity index (χ0v) is 18.7. The first-order valence-corrected chi connectivity index (χ1v) is 10.9. The molecule has 5 rings (SSSR count). The number of hydrogen-bond acceptors (Lipinski definition) is 2. The maximum absolute atomic E-state index is 6.16. The van der Waals surface area contributed by atoms with E-state index < -0.39 is 0 Å². The third kappa shape index (κ3) is 3.62. The average molecular weight is 466 g/mol. The van der Waals surface area contributed by atoms with Crippen LogP contribution in [-0.2, 0) is 0 Å². The van der Waals surface area contributed by atoms with Crippen molar-refractivity contribution < 1.29 is 4.42 Å². The maximum atomic E-state index is 6.16. The molecule has 0 bridgehead atoms. The Bertz CT molecular complexity index is 1560. The van der Waals surface area contributed by atoms with Crippen molar-refractivity contribution in [3.63, 3.8) is 0 Å². The Morgan fingerprint density at radius 3 is 2.42 bits per heavy atom. The number of fused-ring (bicyclic) bond motifs is 3. The van der Waals surface area contributed by atoms with Crippen LogP contribution < -0.4 is 10.4 Å². The monoisotopic (exact) mass is 465 g/mol. The van der Waals surface area contributed by atoms with E-state index in [2.05, 4.69) is 52.8 Å². The first kappa shape index (κ1) is 19.5. The molecule has 0 saturated heterocycles. The van der Waals surface area contributed by atoms with Gasteiger partial charge in [-0.25, -0.2) is 0 Å². The normalized spacial score (nSPS) is 13.0. The molecule has 0 aliphatic rings. The van der Waals surface area contributed by atoms with Crippen LogP contribution in [0.1, 0.15) is 18.1 Å². The minimum absolute atomic E-state index is 0.845. The van der Waals surface area contributed by atoms with Gasteiger partial charge in [-0.1, -0.05) is 89.2 Å². The standard InChI is InChI=1S/C28H20BrNO/c1-18-9-6-7-12-22(18)28(30-19(2)20-10-4-3-5-11-20)23-13-8-14-26-27(23)24-17-21(29)15-16-25(24)31-26/h3-17H,1H2,2H3/b28-22-,30-19+. The largest absolute Gasteiger partial charge is 0.456 e. The fourth-order valence-corrected chi connectivity index (χ4v) is 4.29. The Morgan fingerprint density at radius 1 is 0.839 bits per heavy atom. The van der Waals surface area contributed by atoms with Crippen molar-refractivity contribution in [3.8, 4) is 0 Å². The van der Waals surface area contributed by atoms with Crippen molar-refractivity contribution >= 4 is 55.9 Å². The lowest BCUT2D eigenvalue weighted by Gasteiger charge is -2.09. The molecule has 31 heavy (non-hydrogen) atoms. The SMILES string of the molecule is C=c1cccc/c1=C(/N=C(\C)c1ccccc1)c1cccc2oc3ccc(Br)cc3c12. The second kappa shape index (κ2) is 8.01. The summed E-state index contributed by atoms with van der Waals surface area (Å²) in [5.41, 5.74) is 5.66. The minimum Gasteiger partial charge on any atom is -0.456 e. The van der Waals surface area contributed by atoms with E-state index in [1.165, 1.54) is 0 Å². The maximum Gasteiger partial charge on any atom is 0.136 e. The molecule has 0 saturated carbocycles. The quantitative estimate of drug-likeness (QED) is 0.282. The van der Waals surface area contributed by atoms with Gasteiger partial charge >= 0.3 is 0 Å². The average Bonchev–Trinajstić information content (AvgIpc) is 3.16. The van der Waals surface area contributed by atoms with Crippen LogP contribution in [0.5, 0.6) is 0 Å². The topological polar surface area (TPSA) is 25.5 Å². The highest BCUT2D eigenvalue weighted by Crippen LogP contribution is 2.35. The summed E-state index contributed by atoms with van der Waals surface area (Å²) in [7, 11) is 0. The van der Waals surface area contributed by atoms with E-state index in [-0.39, 0.29) is 0 Å². The number of furan rings is 1. The van der Waals surface area contributed by atoms with E-state index >= 15 is 0 Å². The summed E-state index contributed by atoms with van der Waals surface area (Å²) < 4.78 is 7.17. The van der Waals surface area contributed by atoms with Crippen molar-refractivity contribution in [2.75, 3.05) is 0 Å². The lowest BCUT2D eigenvalue weighted by atomic mass is 10.0. The highest BCUT2D eigenvalue weighted by molar-refractivity contribution is 9.10. The summed E-state index contributed by atoms with van der Waals surface area (Å²) in [6.45, 7) is 6.32. The van der Waals surface area contributed by atoms with E-state index in [1.54, 1.807) is 0 Å². The number of aliphatic imine (C=N–C) groups is 1. The Balaban J connectivity index is 1.90. The molecule has 4 aromatic carbocycles. The zero-order valence-electron chi connectivity index (χ0n) is 17.1. The number of nitrogens with zero attached hydrogens (tertiary/aromatic N) is 1. The lowest BCUT2D eigenvalue weighted by Crippen LogP contribution is -2.25. The van der Waals surface area contributed by atoms with Crippen LogP contribution in [0.2, 0.25) is 0 Å². The molecule has 0 unspecified atom stereocenters. The molecule has 1 aromatic heterocycles. The molecular weight excluding hydrogens is 446 g/mol. The summed E-state index contributed by atoms with van der Waals surface area (Å²) >= 11 is 3.61. The van der Waals surface area contributed by atoms with Crippen LogP contribution >= 0.6 is 15.9 Å². The van der Waals surface area contributed by atoms with Gasteiger partial charge in [0.15, 0.2) is 0 Å². The highest BCUT2D eigenvalue weighted by atomic mass is 79.9. The molecule has 150 valence electrons. The van der Waals surface area contributed by atoms with Crippen molar-refractivity contribution in [1.29, 1.82) is 0 Å². The Morgan fingerprint density at radius 2 is 1.61 bits per heavy atom. The van der Waals surface area contributed by atoms with Crippen LogP contribution in [0.4, 0.5) is 0 Å². The van der Waals surface area contributed by atoms with Gasteiger partial charge in [0.05, 0.1) is 5.70 Å². The molecule has 0 spiro atoms. The Labute approximate surface area is 189 Å². The third-order valence-corrected chi connectivity index (χ3v) is 5.95. The lowest BCUT2D eigenvalue weighted by molar-refractivity contribution is 0.669. The van der Waals surface area contributed by atoms with E-state index in [1.807, 2.05) is 67.6 Å². The molecular formula is C28H20BrNO. The summed E-state index contributed by atoms with van der Waals surface area (Å²) in [5.74, 6) is 0. The molecule has 2 nitrogen and oxygen atoms in total. The van der Waals surface area contributed by atoms with Gasteiger partial charge in [0.2, 0.25) is 0 Å². The van der Waals surface area contributed by atoms with Crippen LogP contribution in [0.15, 0.2) is 105 Å². The summed E-state index contributed by atoms with van der Waals surface area (Å²) in [4.78, 5) is 5.15. The van der Waals surface area contributed by atoms with Gasteiger partial charge in [-0.3, -0.25) is 4.99 Å². The number of benzene rings is 4. The first-order valence-electron chi connectivity index (χ1n) is 10.1. The summed E-state index contributed by atoms with van der Waals surface area (Å²) in [6, 6.07) is 30.6. The van der Waals surface area contributed by atoms with Crippen LogP contribution in [0.25, 0.3) is 34.2 Å². The van der Waals surface area contributed by atoms with Gasteiger partial charge in [0.25, 0.3) is 0 Å². The number of rotatable bonds is 3. The molecule has 0 amide bonds. The van der Waals surface area contributed by atoms with E-state index in [0.717, 1.165) is 59.4 Å². The van der Waals surface area contributed by atoms with Gasteiger partial charge in [-0.2, -0.15) is 0 Å². The molecule has 0 fully saturated rings. The Hall–Kier alpha value is -3.43. The molecule has 0 radical (unpaired) electrons. The van der Waals surface area contributed by atoms with E-state index in [9.17, 15) is 0 Å². The molecule has 0 atom stereocenters. The molecule has 1 heterocycles. The molecule has 3 heteroatoms. The van der Waals surface area contributed by atoms with Gasteiger partial charge in [-0.15, -0.1) is 0 Å². The van der Waals surface area contributed by atoms with Gasteiger partial charge in [-0.05, 0) is 42.0 Å². The van der Waals surface area contributed by atoms with E-state index in [0.29, 0.717) is 0 Å². The van der Waals surface area contributed by atoms with Gasteiger partial charge in [0.1, 0.15) is 11.2 Å². The fraction of sp³-hybridized carbons (Fsp3) is 0.0357. The van der Waals surface area contributed by atoms with E-state index in [4.69, 9.17) is 9.41 Å². The van der Waals surface area contributed by atoms with Crippen LogP contribution in [-0.4, -0.2) is 5.71 Å². The first-order chi connectivity index (χ1) is 15.1. The van der Waals surface area contributed by atoms with Gasteiger partial charge in [0, 0.05) is 31.7 Å². The number of hydrogen-bond donors (Lipinski definition) is 0. The van der Waals surface area contributed by atoms with Crippen LogP contribution in [0.3, 0.4) is 0 Å². The predicted octanol–water partition coefficient (Wildman–Crippen LogP) is 6.42. The molecule has 0 N–H and O–H groups in total. The summed E-state index contributed by atoms with van der Waals surface area (Å²) in [6.07, 6.45) is 0. The molecule has 0 aliphatic heterocycles. The van der Waals surface area contributed by atoms with Crippen molar-refractivity contribution in [1.82, 2.24) is 0 Å². The third-order valence-electron chi connectivity index (χ3n) is 5.46. The smallest absolute Gasteiger partial charge is 0.136 e. The van der Waals surface area contributed by atoms with Crippen molar-refractivity contribution in [3.05, 3.63) is 117 Å². The van der Waals surface area contributed by atoms with Crippen molar-refractivity contribution in [2.45, 2.75) is 6.92 Å².